The second kappa shape index (κ2) is 5.36. The van der Waals surface area contributed by atoms with Gasteiger partial charge in [0.2, 0.25) is 0 Å². The SMILES string of the molecule is Cc1ncsc1CCSC(C)C(=O)O. The lowest BCUT2D eigenvalue weighted by Crippen LogP contribution is -2.12. The van der Waals surface area contributed by atoms with E-state index in [1.165, 1.54) is 16.6 Å². The number of hydrogen-bond acceptors (Lipinski definition) is 4. The first kappa shape index (κ1) is 11.5. The maximum atomic E-state index is 10.5. The average Bonchev–Trinajstić information content (AvgIpc) is 2.51. The number of thioether (sulfide) groups is 1. The number of aromatic nitrogens is 1. The molecule has 78 valence electrons. The van der Waals surface area contributed by atoms with Crippen molar-refractivity contribution < 1.29 is 9.90 Å². The van der Waals surface area contributed by atoms with Crippen LogP contribution in [0.1, 0.15) is 17.5 Å². The lowest BCUT2D eigenvalue weighted by atomic mass is 10.3. The third-order valence-electron chi connectivity index (χ3n) is 1.89. The number of carboxylic acids is 1. The molecule has 0 aliphatic heterocycles. The lowest BCUT2D eigenvalue weighted by molar-refractivity contribution is -0.136. The summed E-state index contributed by atoms with van der Waals surface area (Å²) in [5.41, 5.74) is 2.90. The Morgan fingerprint density at radius 2 is 2.50 bits per heavy atom. The van der Waals surface area contributed by atoms with Crippen molar-refractivity contribution >= 4 is 29.1 Å². The van der Waals surface area contributed by atoms with Gasteiger partial charge in [-0.3, -0.25) is 4.79 Å². The van der Waals surface area contributed by atoms with Crippen molar-refractivity contribution in [1.29, 1.82) is 0 Å². The molecule has 1 unspecified atom stereocenters. The lowest BCUT2D eigenvalue weighted by Gasteiger charge is -2.04. The summed E-state index contributed by atoms with van der Waals surface area (Å²) in [5.74, 6) is 0.104. The zero-order valence-electron chi connectivity index (χ0n) is 8.19. The normalized spacial score (nSPS) is 12.7. The Hall–Kier alpha value is -0.550. The Morgan fingerprint density at radius 1 is 1.79 bits per heavy atom. The first-order chi connectivity index (χ1) is 6.61. The molecule has 0 bridgehead atoms. The Balaban J connectivity index is 2.29. The van der Waals surface area contributed by atoms with Crippen molar-refractivity contribution in [3.05, 3.63) is 16.1 Å². The first-order valence-corrected chi connectivity index (χ1v) is 6.27. The molecule has 0 saturated carbocycles. The smallest absolute Gasteiger partial charge is 0.316 e. The summed E-state index contributed by atoms with van der Waals surface area (Å²) >= 11 is 3.11. The third-order valence-corrected chi connectivity index (χ3v) is 4.03. The summed E-state index contributed by atoms with van der Waals surface area (Å²) in [5, 5.41) is 8.35. The van der Waals surface area contributed by atoms with E-state index < -0.39 is 5.97 Å². The fraction of sp³-hybridized carbons (Fsp3) is 0.556. The Kier molecular flexibility index (Phi) is 4.41. The van der Waals surface area contributed by atoms with Gasteiger partial charge in [0, 0.05) is 4.88 Å². The van der Waals surface area contributed by atoms with Crippen molar-refractivity contribution in [1.82, 2.24) is 4.98 Å². The molecule has 0 saturated heterocycles. The van der Waals surface area contributed by atoms with Gasteiger partial charge in [-0.1, -0.05) is 0 Å². The van der Waals surface area contributed by atoms with Crippen LogP contribution in [0.2, 0.25) is 0 Å². The van der Waals surface area contributed by atoms with Crippen LogP contribution in [0, 0.1) is 6.92 Å². The first-order valence-electron chi connectivity index (χ1n) is 4.34. The number of hydrogen-bond donors (Lipinski definition) is 1. The number of carbonyl (C=O) groups is 1. The predicted molar refractivity (Wildman–Crippen MR) is 60.1 cm³/mol. The molecule has 1 N–H and O–H groups in total. The molecule has 5 heteroatoms. The molecule has 1 atom stereocenters. The molecule has 3 nitrogen and oxygen atoms in total. The summed E-state index contributed by atoms with van der Waals surface area (Å²) in [6.45, 7) is 3.70. The quantitative estimate of drug-likeness (QED) is 0.844. The van der Waals surface area contributed by atoms with Gasteiger partial charge in [0.25, 0.3) is 0 Å². The summed E-state index contributed by atoms with van der Waals surface area (Å²) in [4.78, 5) is 15.9. The second-order valence-corrected chi connectivity index (χ2v) is 5.35. The van der Waals surface area contributed by atoms with Gasteiger partial charge in [0.15, 0.2) is 0 Å². The fourth-order valence-electron chi connectivity index (χ4n) is 0.966. The van der Waals surface area contributed by atoms with Crippen LogP contribution >= 0.6 is 23.1 Å². The minimum absolute atomic E-state index is 0.316. The molecule has 0 fully saturated rings. The monoisotopic (exact) mass is 231 g/mol. The van der Waals surface area contributed by atoms with Crippen LogP contribution in [0.3, 0.4) is 0 Å². The highest BCUT2D eigenvalue weighted by atomic mass is 32.2. The Morgan fingerprint density at radius 3 is 3.00 bits per heavy atom. The van der Waals surface area contributed by atoms with Crippen LogP contribution in [0.4, 0.5) is 0 Å². The number of nitrogens with zero attached hydrogens (tertiary/aromatic N) is 1. The molecule has 0 aromatic carbocycles. The van der Waals surface area contributed by atoms with Crippen molar-refractivity contribution in [3.8, 4) is 0 Å². The summed E-state index contributed by atoms with van der Waals surface area (Å²) in [7, 11) is 0. The van der Waals surface area contributed by atoms with Crippen LogP contribution in [0.5, 0.6) is 0 Å². The van der Waals surface area contributed by atoms with Gasteiger partial charge in [0.05, 0.1) is 16.5 Å². The minimum atomic E-state index is -0.740. The van der Waals surface area contributed by atoms with E-state index in [0.29, 0.717) is 0 Å². The Bertz CT molecular complexity index is 312. The maximum Gasteiger partial charge on any atom is 0.316 e. The summed E-state index contributed by atoms with van der Waals surface area (Å²) in [6.07, 6.45) is 0.915. The van der Waals surface area contributed by atoms with Gasteiger partial charge >= 0.3 is 5.97 Å². The van der Waals surface area contributed by atoms with E-state index >= 15 is 0 Å². The van der Waals surface area contributed by atoms with E-state index in [-0.39, 0.29) is 5.25 Å². The largest absolute Gasteiger partial charge is 0.480 e. The van der Waals surface area contributed by atoms with Crippen LogP contribution in [-0.4, -0.2) is 27.1 Å². The molecular formula is C9H13NO2S2. The van der Waals surface area contributed by atoms with Gasteiger partial charge in [-0.2, -0.15) is 0 Å². The molecule has 0 aliphatic rings. The molecule has 0 aliphatic carbocycles. The molecule has 1 rings (SSSR count). The van der Waals surface area contributed by atoms with Crippen molar-refractivity contribution in [2.75, 3.05) is 5.75 Å². The van der Waals surface area contributed by atoms with E-state index in [0.717, 1.165) is 17.9 Å². The van der Waals surface area contributed by atoms with Gasteiger partial charge in [-0.05, 0) is 26.0 Å². The van der Waals surface area contributed by atoms with Gasteiger partial charge in [0.1, 0.15) is 0 Å². The molecule has 0 amide bonds. The Labute approximate surface area is 91.6 Å². The van der Waals surface area contributed by atoms with Crippen molar-refractivity contribution in [2.45, 2.75) is 25.5 Å². The van der Waals surface area contributed by atoms with E-state index in [4.69, 9.17) is 5.11 Å². The van der Waals surface area contributed by atoms with Gasteiger partial charge in [-0.15, -0.1) is 23.1 Å². The number of rotatable bonds is 5. The standard InChI is InChI=1S/C9H13NO2S2/c1-6-8(14-5-10-6)3-4-13-7(2)9(11)12/h5,7H,3-4H2,1-2H3,(H,11,12). The zero-order valence-corrected chi connectivity index (χ0v) is 9.82. The van der Waals surface area contributed by atoms with E-state index in [9.17, 15) is 4.79 Å². The van der Waals surface area contributed by atoms with E-state index in [2.05, 4.69) is 4.98 Å². The topological polar surface area (TPSA) is 50.2 Å². The summed E-state index contributed by atoms with van der Waals surface area (Å²) in [6, 6.07) is 0. The second-order valence-electron chi connectivity index (χ2n) is 2.96. The highest BCUT2D eigenvalue weighted by molar-refractivity contribution is 8.00. The van der Waals surface area contributed by atoms with Crippen LogP contribution in [0.15, 0.2) is 5.51 Å². The average molecular weight is 231 g/mol. The molecule has 1 aromatic heterocycles. The molecule has 14 heavy (non-hydrogen) atoms. The van der Waals surface area contributed by atoms with Crippen LogP contribution in [-0.2, 0) is 11.2 Å². The molecule has 0 spiro atoms. The molecular weight excluding hydrogens is 218 g/mol. The van der Waals surface area contributed by atoms with Gasteiger partial charge < -0.3 is 5.11 Å². The number of thiazole rings is 1. The highest BCUT2D eigenvalue weighted by Gasteiger charge is 2.11. The van der Waals surface area contributed by atoms with E-state index in [1.54, 1.807) is 18.3 Å². The maximum absolute atomic E-state index is 10.5. The molecule has 1 aromatic rings. The van der Waals surface area contributed by atoms with Crippen LogP contribution < -0.4 is 0 Å². The summed E-state index contributed by atoms with van der Waals surface area (Å²) < 4.78 is 0. The van der Waals surface area contributed by atoms with Crippen molar-refractivity contribution in [3.63, 3.8) is 0 Å². The molecule has 0 radical (unpaired) electrons. The minimum Gasteiger partial charge on any atom is -0.480 e. The van der Waals surface area contributed by atoms with Gasteiger partial charge in [-0.25, -0.2) is 4.98 Å². The zero-order chi connectivity index (χ0) is 10.6. The van der Waals surface area contributed by atoms with Crippen molar-refractivity contribution in [2.24, 2.45) is 0 Å². The highest BCUT2D eigenvalue weighted by Crippen LogP contribution is 2.17. The molecule has 1 heterocycles. The fourth-order valence-corrected chi connectivity index (χ4v) is 2.69. The third kappa shape index (κ3) is 3.31. The predicted octanol–water partition coefficient (Wildman–Crippen LogP) is 2.20. The number of aryl methyl sites for hydroxylation is 2. The number of carboxylic acid groups (broad SMARTS) is 1. The number of aliphatic carboxylic acids is 1. The van der Waals surface area contributed by atoms with E-state index in [1.807, 2.05) is 12.4 Å². The van der Waals surface area contributed by atoms with Crippen LogP contribution in [0.25, 0.3) is 0 Å².